The molecule has 0 unspecified atom stereocenters. The summed E-state index contributed by atoms with van der Waals surface area (Å²) in [6.07, 6.45) is 3.18. The number of amides is 1. The van der Waals surface area contributed by atoms with E-state index in [0.29, 0.717) is 28.0 Å². The summed E-state index contributed by atoms with van der Waals surface area (Å²) in [6.45, 7) is 1.73. The Morgan fingerprint density at radius 1 is 1.00 bits per heavy atom. The summed E-state index contributed by atoms with van der Waals surface area (Å²) in [7, 11) is 0. The van der Waals surface area contributed by atoms with Gasteiger partial charge in [0.2, 0.25) is 0 Å². The second-order valence-electron chi connectivity index (χ2n) is 6.13. The second-order valence-corrected chi connectivity index (χ2v) is 6.13. The van der Waals surface area contributed by atoms with Crippen LogP contribution >= 0.6 is 0 Å². The molecule has 2 aromatic heterocycles. The molecular weight excluding hydrogens is 340 g/mol. The minimum atomic E-state index is -0.361. The molecule has 5 heteroatoms. The Balaban J connectivity index is 1.88. The minimum Gasteiger partial charge on any atom is -0.455 e. The quantitative estimate of drug-likeness (QED) is 0.590. The number of nitrogens with zero attached hydrogens (tertiary/aromatic N) is 1. The van der Waals surface area contributed by atoms with Gasteiger partial charge in [0.1, 0.15) is 5.76 Å². The summed E-state index contributed by atoms with van der Waals surface area (Å²) in [4.78, 5) is 29.6. The maximum atomic E-state index is 12.9. The Bertz CT molecular complexity index is 1180. The lowest BCUT2D eigenvalue weighted by atomic mass is 10.0. The number of rotatable bonds is 3. The fourth-order valence-corrected chi connectivity index (χ4v) is 2.99. The number of fused-ring (bicyclic) bond motifs is 1. The van der Waals surface area contributed by atoms with E-state index in [9.17, 15) is 9.59 Å². The van der Waals surface area contributed by atoms with Gasteiger partial charge >= 0.3 is 0 Å². The number of nitrogens with one attached hydrogen (secondary N) is 1. The number of anilines is 1. The topological polar surface area (TPSA) is 72.2 Å². The third-order valence-corrected chi connectivity index (χ3v) is 4.34. The maximum absolute atomic E-state index is 12.9. The van der Waals surface area contributed by atoms with Crippen LogP contribution in [-0.2, 0) is 0 Å². The molecule has 27 heavy (non-hydrogen) atoms. The standard InChI is InChI=1S/C22H16N2O3/c1-14-19(25)17-10-5-11-18(22(26)24-16-9-6-12-23-13-16)21(17)27-20(14)15-7-3-2-4-8-15/h2-13H,1H3,(H,24,26). The Kier molecular flexibility index (Phi) is 4.26. The van der Waals surface area contributed by atoms with E-state index >= 15 is 0 Å². The summed E-state index contributed by atoms with van der Waals surface area (Å²) in [5, 5.41) is 3.16. The lowest BCUT2D eigenvalue weighted by Gasteiger charge is -2.10. The molecule has 1 N–H and O–H groups in total. The van der Waals surface area contributed by atoms with Crippen molar-refractivity contribution in [3.63, 3.8) is 0 Å². The van der Waals surface area contributed by atoms with Gasteiger partial charge in [-0.2, -0.15) is 0 Å². The third kappa shape index (κ3) is 3.11. The zero-order chi connectivity index (χ0) is 18.8. The number of pyridine rings is 1. The van der Waals surface area contributed by atoms with E-state index in [1.807, 2.05) is 30.3 Å². The highest BCUT2D eigenvalue weighted by Crippen LogP contribution is 2.27. The molecule has 2 heterocycles. The second kappa shape index (κ2) is 6.88. The van der Waals surface area contributed by atoms with Gasteiger partial charge in [-0.25, -0.2) is 0 Å². The average molecular weight is 356 g/mol. The molecule has 1 amide bonds. The number of hydrogen-bond acceptors (Lipinski definition) is 4. The van der Waals surface area contributed by atoms with Crippen molar-refractivity contribution in [2.24, 2.45) is 0 Å². The van der Waals surface area contributed by atoms with E-state index in [1.54, 1.807) is 49.6 Å². The van der Waals surface area contributed by atoms with Gasteiger partial charge in [-0.05, 0) is 31.2 Å². The molecule has 0 aliphatic heterocycles. The molecule has 132 valence electrons. The summed E-state index contributed by atoms with van der Waals surface area (Å²) < 4.78 is 6.07. The predicted octanol–water partition coefficient (Wildman–Crippen LogP) is 4.42. The molecule has 4 rings (SSSR count). The monoisotopic (exact) mass is 356 g/mol. The Hall–Kier alpha value is -3.73. The largest absolute Gasteiger partial charge is 0.455 e. The number of para-hydroxylation sites is 1. The van der Waals surface area contributed by atoms with Crippen molar-refractivity contribution in [1.82, 2.24) is 4.98 Å². The van der Waals surface area contributed by atoms with Crippen LogP contribution in [0.1, 0.15) is 15.9 Å². The van der Waals surface area contributed by atoms with Crippen LogP contribution in [0.5, 0.6) is 0 Å². The summed E-state index contributed by atoms with van der Waals surface area (Å²) >= 11 is 0. The van der Waals surface area contributed by atoms with E-state index in [4.69, 9.17) is 4.42 Å². The molecule has 4 aromatic rings. The predicted molar refractivity (Wildman–Crippen MR) is 105 cm³/mol. The van der Waals surface area contributed by atoms with Crippen molar-refractivity contribution in [1.29, 1.82) is 0 Å². The average Bonchev–Trinajstić information content (AvgIpc) is 2.71. The van der Waals surface area contributed by atoms with Crippen molar-refractivity contribution >= 4 is 22.6 Å². The van der Waals surface area contributed by atoms with Crippen LogP contribution in [0.3, 0.4) is 0 Å². The van der Waals surface area contributed by atoms with Crippen molar-refractivity contribution < 1.29 is 9.21 Å². The molecule has 0 fully saturated rings. The number of carbonyl (C=O) groups excluding carboxylic acids is 1. The van der Waals surface area contributed by atoms with E-state index in [1.165, 1.54) is 0 Å². The summed E-state index contributed by atoms with van der Waals surface area (Å²) in [6, 6.07) is 17.8. The van der Waals surface area contributed by atoms with Crippen LogP contribution in [0.4, 0.5) is 5.69 Å². The van der Waals surface area contributed by atoms with Gasteiger partial charge in [-0.15, -0.1) is 0 Å². The number of aromatic nitrogens is 1. The Morgan fingerprint density at radius 3 is 2.56 bits per heavy atom. The highest BCUT2D eigenvalue weighted by molar-refractivity contribution is 6.11. The molecule has 0 aliphatic rings. The van der Waals surface area contributed by atoms with Gasteiger partial charge in [0.25, 0.3) is 5.91 Å². The SMILES string of the molecule is Cc1c(-c2ccccc2)oc2c(C(=O)Nc3cccnc3)cccc2c1=O. The Morgan fingerprint density at radius 2 is 1.81 bits per heavy atom. The van der Waals surface area contributed by atoms with Crippen molar-refractivity contribution in [2.75, 3.05) is 5.32 Å². The molecule has 0 aliphatic carbocycles. The summed E-state index contributed by atoms with van der Waals surface area (Å²) in [5.41, 5.74) is 2.29. The molecule has 5 nitrogen and oxygen atoms in total. The lowest BCUT2D eigenvalue weighted by Crippen LogP contribution is -2.15. The van der Waals surface area contributed by atoms with Crippen LogP contribution in [0.15, 0.2) is 82.3 Å². The first-order chi connectivity index (χ1) is 13.1. The highest BCUT2D eigenvalue weighted by atomic mass is 16.3. The fourth-order valence-electron chi connectivity index (χ4n) is 2.99. The van der Waals surface area contributed by atoms with Gasteiger partial charge in [0, 0.05) is 17.3 Å². The van der Waals surface area contributed by atoms with Crippen molar-refractivity contribution in [3.8, 4) is 11.3 Å². The van der Waals surface area contributed by atoms with Gasteiger partial charge in [-0.3, -0.25) is 14.6 Å². The van der Waals surface area contributed by atoms with Gasteiger partial charge in [0.15, 0.2) is 11.0 Å². The Labute approximate surface area is 155 Å². The molecule has 0 saturated heterocycles. The minimum absolute atomic E-state index is 0.147. The number of hydrogen-bond donors (Lipinski definition) is 1. The van der Waals surface area contributed by atoms with Gasteiger partial charge < -0.3 is 9.73 Å². The van der Waals surface area contributed by atoms with Crippen LogP contribution in [0, 0.1) is 6.92 Å². The normalized spacial score (nSPS) is 10.7. The first-order valence-corrected chi connectivity index (χ1v) is 8.48. The molecule has 0 atom stereocenters. The van der Waals surface area contributed by atoms with Crippen molar-refractivity contribution in [3.05, 3.63) is 94.4 Å². The molecule has 0 spiro atoms. The van der Waals surface area contributed by atoms with E-state index in [2.05, 4.69) is 10.3 Å². The fraction of sp³-hybridized carbons (Fsp3) is 0.0455. The van der Waals surface area contributed by atoms with Crippen LogP contribution < -0.4 is 10.7 Å². The van der Waals surface area contributed by atoms with E-state index in [0.717, 1.165) is 5.56 Å². The molecule has 0 radical (unpaired) electrons. The van der Waals surface area contributed by atoms with Gasteiger partial charge in [-0.1, -0.05) is 36.4 Å². The van der Waals surface area contributed by atoms with Crippen LogP contribution in [-0.4, -0.2) is 10.9 Å². The zero-order valence-corrected chi connectivity index (χ0v) is 14.6. The number of carbonyl (C=O) groups is 1. The van der Waals surface area contributed by atoms with E-state index in [-0.39, 0.29) is 16.9 Å². The third-order valence-electron chi connectivity index (χ3n) is 4.34. The molecule has 2 aromatic carbocycles. The summed E-state index contributed by atoms with van der Waals surface area (Å²) in [5.74, 6) is 0.106. The molecular formula is C22H16N2O3. The zero-order valence-electron chi connectivity index (χ0n) is 14.6. The lowest BCUT2D eigenvalue weighted by molar-refractivity contribution is 0.102. The van der Waals surface area contributed by atoms with Crippen LogP contribution in [0.2, 0.25) is 0 Å². The van der Waals surface area contributed by atoms with Gasteiger partial charge in [0.05, 0.1) is 22.8 Å². The van der Waals surface area contributed by atoms with Crippen LogP contribution in [0.25, 0.3) is 22.3 Å². The smallest absolute Gasteiger partial charge is 0.259 e. The first-order valence-electron chi connectivity index (χ1n) is 8.48. The van der Waals surface area contributed by atoms with E-state index < -0.39 is 0 Å². The maximum Gasteiger partial charge on any atom is 0.259 e. The first kappa shape index (κ1) is 16.7. The van der Waals surface area contributed by atoms with Crippen molar-refractivity contribution in [2.45, 2.75) is 6.92 Å². The molecule has 0 saturated carbocycles. The highest BCUT2D eigenvalue weighted by Gasteiger charge is 2.18. The number of benzene rings is 2. The molecule has 0 bridgehead atoms.